The molecule has 6 heteroatoms. The lowest BCUT2D eigenvalue weighted by Crippen LogP contribution is -2.26. The van der Waals surface area contributed by atoms with Crippen molar-refractivity contribution in [1.29, 1.82) is 0 Å². The van der Waals surface area contributed by atoms with Crippen LogP contribution >= 0.6 is 0 Å². The number of nitrogens with zero attached hydrogens (tertiary/aromatic N) is 2. The molecule has 0 radical (unpaired) electrons. The first kappa shape index (κ1) is 19.7. The Morgan fingerprint density at radius 1 is 0.897 bits per heavy atom. The van der Waals surface area contributed by atoms with Gasteiger partial charge in [-0.05, 0) is 54.3 Å². The molecule has 1 fully saturated rings. The molecule has 1 aromatic heterocycles. The van der Waals surface area contributed by atoms with E-state index in [4.69, 9.17) is 0 Å². The highest BCUT2D eigenvalue weighted by Gasteiger charge is 2.32. The lowest BCUT2D eigenvalue weighted by atomic mass is 10.1. The molecule has 0 atom stereocenters. The summed E-state index contributed by atoms with van der Waals surface area (Å²) >= 11 is 0. The third kappa shape index (κ3) is 5.07. The highest BCUT2D eigenvalue weighted by molar-refractivity contribution is 5.26. The monoisotopic (exact) mass is 402 g/mol. The van der Waals surface area contributed by atoms with Gasteiger partial charge in [0.1, 0.15) is 5.82 Å². The average Bonchev–Trinajstić information content (AvgIpc) is 3.44. The summed E-state index contributed by atoms with van der Waals surface area (Å²) in [5.41, 5.74) is 2.15. The fraction of sp³-hybridized carbons (Fsp3) is 0.304. The average molecular weight is 402 g/mol. The van der Waals surface area contributed by atoms with E-state index in [1.54, 1.807) is 18.2 Å². The topological polar surface area (TPSA) is 8.17 Å². The summed E-state index contributed by atoms with van der Waals surface area (Å²) in [4.78, 5) is 2.24. The maximum Gasteiger partial charge on any atom is 0.416 e. The molecule has 1 aliphatic carbocycles. The van der Waals surface area contributed by atoms with Gasteiger partial charge in [-0.15, -0.1) is 0 Å². The molecule has 1 aliphatic rings. The van der Waals surface area contributed by atoms with Crippen LogP contribution in [0.1, 0.15) is 35.2 Å². The molecule has 2 nitrogen and oxygen atoms in total. The van der Waals surface area contributed by atoms with Gasteiger partial charge in [0.05, 0.1) is 5.56 Å². The summed E-state index contributed by atoms with van der Waals surface area (Å²) in [7, 11) is 0. The molecule has 4 rings (SSSR count). The molecule has 152 valence electrons. The minimum atomic E-state index is -4.33. The van der Waals surface area contributed by atoms with Crippen LogP contribution in [0.4, 0.5) is 17.6 Å². The number of hydrogen-bond acceptors (Lipinski definition) is 1. The smallest absolute Gasteiger partial charge is 0.346 e. The number of aromatic nitrogens is 1. The zero-order valence-corrected chi connectivity index (χ0v) is 15.9. The fourth-order valence-corrected chi connectivity index (χ4v) is 3.58. The quantitative estimate of drug-likeness (QED) is 0.450. The minimum absolute atomic E-state index is 0.262. The van der Waals surface area contributed by atoms with E-state index in [0.717, 1.165) is 30.2 Å². The molecule has 0 spiro atoms. The Bertz CT molecular complexity index is 956. The molecule has 29 heavy (non-hydrogen) atoms. The zero-order chi connectivity index (χ0) is 20.4. The van der Waals surface area contributed by atoms with Gasteiger partial charge < -0.3 is 4.57 Å². The molecule has 2 aromatic carbocycles. The number of rotatable bonds is 7. The van der Waals surface area contributed by atoms with Crippen molar-refractivity contribution in [2.45, 2.75) is 44.7 Å². The van der Waals surface area contributed by atoms with Crippen molar-refractivity contribution in [3.8, 4) is 0 Å². The van der Waals surface area contributed by atoms with Gasteiger partial charge in [0.15, 0.2) is 0 Å². The van der Waals surface area contributed by atoms with Gasteiger partial charge in [0, 0.05) is 37.6 Å². The first-order valence-electron chi connectivity index (χ1n) is 9.67. The van der Waals surface area contributed by atoms with Crippen LogP contribution in [0.15, 0.2) is 66.9 Å². The van der Waals surface area contributed by atoms with Crippen LogP contribution in [-0.2, 0) is 25.8 Å². The van der Waals surface area contributed by atoms with E-state index in [1.165, 1.54) is 24.3 Å². The van der Waals surface area contributed by atoms with Crippen molar-refractivity contribution < 1.29 is 17.6 Å². The molecule has 0 saturated heterocycles. The van der Waals surface area contributed by atoms with Gasteiger partial charge in [-0.1, -0.05) is 30.3 Å². The van der Waals surface area contributed by atoms with Crippen LogP contribution in [-0.4, -0.2) is 15.5 Å². The molecular weight excluding hydrogens is 380 g/mol. The summed E-state index contributed by atoms with van der Waals surface area (Å²) in [5.74, 6) is -0.262. The van der Waals surface area contributed by atoms with Gasteiger partial charge in [-0.2, -0.15) is 13.2 Å². The summed E-state index contributed by atoms with van der Waals surface area (Å²) in [5, 5.41) is 0. The minimum Gasteiger partial charge on any atom is -0.346 e. The summed E-state index contributed by atoms with van der Waals surface area (Å²) in [6.07, 6.45) is -0.215. The van der Waals surface area contributed by atoms with E-state index in [1.807, 2.05) is 18.3 Å². The van der Waals surface area contributed by atoms with Crippen molar-refractivity contribution in [1.82, 2.24) is 9.47 Å². The van der Waals surface area contributed by atoms with Crippen molar-refractivity contribution in [3.05, 3.63) is 95.1 Å². The highest BCUT2D eigenvalue weighted by atomic mass is 19.4. The third-order valence-electron chi connectivity index (χ3n) is 5.26. The van der Waals surface area contributed by atoms with Crippen LogP contribution in [0.5, 0.6) is 0 Å². The molecule has 0 amide bonds. The first-order valence-corrected chi connectivity index (χ1v) is 9.67. The normalized spacial score (nSPS) is 14.5. The van der Waals surface area contributed by atoms with Gasteiger partial charge in [0.2, 0.25) is 0 Å². The number of hydrogen-bond donors (Lipinski definition) is 0. The van der Waals surface area contributed by atoms with Gasteiger partial charge >= 0.3 is 6.18 Å². The van der Waals surface area contributed by atoms with Crippen LogP contribution in [0, 0.1) is 5.82 Å². The number of halogens is 4. The van der Waals surface area contributed by atoms with Crippen molar-refractivity contribution in [3.63, 3.8) is 0 Å². The molecule has 0 bridgehead atoms. The molecule has 0 aliphatic heterocycles. The third-order valence-corrected chi connectivity index (χ3v) is 5.26. The first-order chi connectivity index (χ1) is 13.9. The summed E-state index contributed by atoms with van der Waals surface area (Å²) in [6.45, 7) is 1.77. The SMILES string of the molecule is Fc1ccc(Cn2cccc2CN(Cc2cccc(C(F)(F)F)c2)C2CC2)cc1. The Kier molecular flexibility index (Phi) is 5.46. The zero-order valence-electron chi connectivity index (χ0n) is 15.9. The Labute approximate surface area is 167 Å². The number of benzene rings is 2. The molecule has 3 aromatic rings. The highest BCUT2D eigenvalue weighted by Crippen LogP contribution is 2.32. The largest absolute Gasteiger partial charge is 0.416 e. The van der Waals surface area contributed by atoms with Gasteiger partial charge in [-0.3, -0.25) is 4.90 Å². The predicted octanol–water partition coefficient (Wildman–Crippen LogP) is 5.86. The van der Waals surface area contributed by atoms with Crippen molar-refractivity contribution in [2.75, 3.05) is 0 Å². The molecular formula is C23H22F4N2. The Balaban J connectivity index is 1.49. The molecule has 0 unspecified atom stereocenters. The van der Waals surface area contributed by atoms with Gasteiger partial charge in [-0.25, -0.2) is 4.39 Å². The van der Waals surface area contributed by atoms with E-state index >= 15 is 0 Å². The van der Waals surface area contributed by atoms with Crippen LogP contribution in [0.2, 0.25) is 0 Å². The van der Waals surface area contributed by atoms with Crippen molar-refractivity contribution in [2.24, 2.45) is 0 Å². The number of alkyl halides is 3. The Morgan fingerprint density at radius 3 is 2.34 bits per heavy atom. The molecule has 0 N–H and O–H groups in total. The molecule has 1 heterocycles. The fourth-order valence-electron chi connectivity index (χ4n) is 3.58. The second kappa shape index (κ2) is 8.03. The summed E-state index contributed by atoms with van der Waals surface area (Å²) < 4.78 is 54.3. The van der Waals surface area contributed by atoms with E-state index in [9.17, 15) is 17.6 Å². The van der Waals surface area contributed by atoms with E-state index < -0.39 is 11.7 Å². The molecule has 1 saturated carbocycles. The Morgan fingerprint density at radius 2 is 1.66 bits per heavy atom. The summed E-state index contributed by atoms with van der Waals surface area (Å²) in [6, 6.07) is 16.4. The maximum atomic E-state index is 13.1. The Hall–Kier alpha value is -2.60. The lowest BCUT2D eigenvalue weighted by Gasteiger charge is -2.23. The standard InChI is InChI=1S/C23H22F4N2/c24-20-8-6-17(7-9-20)14-28-12-2-5-22(28)16-29(21-10-11-21)15-18-3-1-4-19(13-18)23(25,26)27/h1-9,12-13,21H,10-11,14-16H2. The second-order valence-corrected chi connectivity index (χ2v) is 7.59. The van der Waals surface area contributed by atoms with Gasteiger partial charge in [0.25, 0.3) is 0 Å². The predicted molar refractivity (Wildman–Crippen MR) is 104 cm³/mol. The van der Waals surface area contributed by atoms with E-state index in [0.29, 0.717) is 31.2 Å². The lowest BCUT2D eigenvalue weighted by molar-refractivity contribution is -0.137. The van der Waals surface area contributed by atoms with E-state index in [2.05, 4.69) is 9.47 Å². The van der Waals surface area contributed by atoms with E-state index in [-0.39, 0.29) is 5.82 Å². The van der Waals surface area contributed by atoms with Crippen molar-refractivity contribution >= 4 is 0 Å². The van der Waals surface area contributed by atoms with Crippen LogP contribution in [0.25, 0.3) is 0 Å². The maximum absolute atomic E-state index is 13.1. The van der Waals surface area contributed by atoms with Crippen LogP contribution < -0.4 is 0 Å². The second-order valence-electron chi connectivity index (χ2n) is 7.59. The van der Waals surface area contributed by atoms with Crippen LogP contribution in [0.3, 0.4) is 0 Å².